The maximum Gasteiger partial charge on any atom is 0.00796 e. The molecule has 1 fully saturated rings. The first-order valence-electron chi connectivity index (χ1n) is 7.35. The van der Waals surface area contributed by atoms with Crippen LogP contribution in [0.25, 0.3) is 0 Å². The standard InChI is InChI=1S/C16H26N2/c1-14(15-6-3-2-4-7-15)9-13-18-16-8-5-11-17-12-10-16/h2-4,6-7,14,16-18H,5,8-13H2,1H3. The van der Waals surface area contributed by atoms with Gasteiger partial charge >= 0.3 is 0 Å². The zero-order valence-corrected chi connectivity index (χ0v) is 11.5. The van der Waals surface area contributed by atoms with Crippen LogP contribution in [0.5, 0.6) is 0 Å². The average Bonchev–Trinajstić information content (AvgIpc) is 2.68. The average molecular weight is 246 g/mol. The van der Waals surface area contributed by atoms with Gasteiger partial charge in [0.15, 0.2) is 0 Å². The molecule has 1 saturated heterocycles. The summed E-state index contributed by atoms with van der Waals surface area (Å²) in [4.78, 5) is 0. The largest absolute Gasteiger partial charge is 0.317 e. The van der Waals surface area contributed by atoms with E-state index in [0.717, 1.165) is 12.6 Å². The zero-order valence-electron chi connectivity index (χ0n) is 11.5. The second kappa shape index (κ2) is 7.55. The first-order valence-corrected chi connectivity index (χ1v) is 7.35. The molecule has 1 aromatic carbocycles. The van der Waals surface area contributed by atoms with Gasteiger partial charge in [-0.15, -0.1) is 0 Å². The van der Waals surface area contributed by atoms with Crippen LogP contribution < -0.4 is 10.6 Å². The lowest BCUT2D eigenvalue weighted by Gasteiger charge is -2.18. The van der Waals surface area contributed by atoms with E-state index in [9.17, 15) is 0 Å². The van der Waals surface area contributed by atoms with Gasteiger partial charge in [0, 0.05) is 6.04 Å². The van der Waals surface area contributed by atoms with E-state index < -0.39 is 0 Å². The van der Waals surface area contributed by atoms with Crippen molar-refractivity contribution in [2.24, 2.45) is 0 Å². The van der Waals surface area contributed by atoms with Crippen molar-refractivity contribution in [2.75, 3.05) is 19.6 Å². The van der Waals surface area contributed by atoms with Crippen molar-refractivity contribution < 1.29 is 0 Å². The van der Waals surface area contributed by atoms with E-state index in [1.54, 1.807) is 0 Å². The monoisotopic (exact) mass is 246 g/mol. The Labute approximate surface area is 111 Å². The van der Waals surface area contributed by atoms with Gasteiger partial charge in [0.05, 0.1) is 0 Å². The van der Waals surface area contributed by atoms with Crippen LogP contribution in [-0.2, 0) is 0 Å². The van der Waals surface area contributed by atoms with Crippen LogP contribution in [0.4, 0.5) is 0 Å². The van der Waals surface area contributed by atoms with Gasteiger partial charge in [-0.2, -0.15) is 0 Å². The Morgan fingerprint density at radius 1 is 1.22 bits per heavy atom. The molecule has 2 N–H and O–H groups in total. The van der Waals surface area contributed by atoms with Crippen LogP contribution in [-0.4, -0.2) is 25.7 Å². The van der Waals surface area contributed by atoms with Gasteiger partial charge in [0.2, 0.25) is 0 Å². The molecule has 100 valence electrons. The molecular weight excluding hydrogens is 220 g/mol. The van der Waals surface area contributed by atoms with Crippen LogP contribution in [0.15, 0.2) is 30.3 Å². The summed E-state index contributed by atoms with van der Waals surface area (Å²) in [5, 5.41) is 7.18. The second-order valence-electron chi connectivity index (χ2n) is 5.43. The molecule has 2 heteroatoms. The molecule has 0 bridgehead atoms. The first-order chi connectivity index (χ1) is 8.86. The lowest BCUT2D eigenvalue weighted by molar-refractivity contribution is 0.454. The highest BCUT2D eigenvalue weighted by atomic mass is 14.9. The number of hydrogen-bond acceptors (Lipinski definition) is 2. The van der Waals surface area contributed by atoms with Crippen molar-refractivity contribution in [1.29, 1.82) is 0 Å². The maximum absolute atomic E-state index is 3.72. The van der Waals surface area contributed by atoms with E-state index in [4.69, 9.17) is 0 Å². The van der Waals surface area contributed by atoms with Crippen molar-refractivity contribution in [3.63, 3.8) is 0 Å². The summed E-state index contributed by atoms with van der Waals surface area (Å²) in [5.41, 5.74) is 1.46. The normalized spacial score (nSPS) is 22.4. The van der Waals surface area contributed by atoms with Gasteiger partial charge in [0.25, 0.3) is 0 Å². The molecule has 1 aliphatic heterocycles. The van der Waals surface area contributed by atoms with Crippen LogP contribution >= 0.6 is 0 Å². The minimum atomic E-state index is 0.655. The highest BCUT2D eigenvalue weighted by Gasteiger charge is 2.11. The molecule has 2 nitrogen and oxygen atoms in total. The molecule has 2 unspecified atom stereocenters. The van der Waals surface area contributed by atoms with Crippen molar-refractivity contribution in [3.05, 3.63) is 35.9 Å². The Morgan fingerprint density at radius 3 is 2.89 bits per heavy atom. The highest BCUT2D eigenvalue weighted by molar-refractivity contribution is 5.18. The first kappa shape index (κ1) is 13.6. The van der Waals surface area contributed by atoms with Gasteiger partial charge in [0.1, 0.15) is 0 Å². The van der Waals surface area contributed by atoms with E-state index >= 15 is 0 Å². The van der Waals surface area contributed by atoms with Crippen LogP contribution in [0.1, 0.15) is 44.1 Å². The fraction of sp³-hybridized carbons (Fsp3) is 0.625. The summed E-state index contributed by atoms with van der Waals surface area (Å²) in [6, 6.07) is 11.6. The SMILES string of the molecule is CC(CCNC1CCCNCC1)c1ccccc1. The summed E-state index contributed by atoms with van der Waals surface area (Å²) in [7, 11) is 0. The van der Waals surface area contributed by atoms with E-state index in [1.807, 2.05) is 0 Å². The third kappa shape index (κ3) is 4.43. The molecule has 0 radical (unpaired) electrons. The molecule has 0 amide bonds. The summed E-state index contributed by atoms with van der Waals surface area (Å²) in [6.45, 7) is 5.83. The maximum atomic E-state index is 3.72. The molecule has 0 aliphatic carbocycles. The predicted octanol–water partition coefficient (Wildman–Crippen LogP) is 2.91. The fourth-order valence-corrected chi connectivity index (χ4v) is 2.68. The Morgan fingerprint density at radius 2 is 2.06 bits per heavy atom. The lowest BCUT2D eigenvalue weighted by Crippen LogP contribution is -2.31. The van der Waals surface area contributed by atoms with Gasteiger partial charge in [-0.3, -0.25) is 0 Å². The molecule has 0 saturated carbocycles. The van der Waals surface area contributed by atoms with E-state index in [0.29, 0.717) is 5.92 Å². The number of benzene rings is 1. The summed E-state index contributed by atoms with van der Waals surface area (Å²) in [5.74, 6) is 0.655. The highest BCUT2D eigenvalue weighted by Crippen LogP contribution is 2.17. The van der Waals surface area contributed by atoms with Crippen LogP contribution in [0.2, 0.25) is 0 Å². The number of rotatable bonds is 5. The zero-order chi connectivity index (χ0) is 12.6. The Kier molecular flexibility index (Phi) is 5.69. The van der Waals surface area contributed by atoms with Gasteiger partial charge < -0.3 is 10.6 Å². The molecule has 2 rings (SSSR count). The predicted molar refractivity (Wildman–Crippen MR) is 78.0 cm³/mol. The third-order valence-electron chi connectivity index (χ3n) is 3.95. The van der Waals surface area contributed by atoms with Gasteiger partial charge in [-0.25, -0.2) is 0 Å². The van der Waals surface area contributed by atoms with E-state index in [1.165, 1.54) is 44.3 Å². The second-order valence-corrected chi connectivity index (χ2v) is 5.43. The Bertz CT molecular complexity index is 315. The van der Waals surface area contributed by atoms with Crippen molar-refractivity contribution >= 4 is 0 Å². The minimum Gasteiger partial charge on any atom is -0.317 e. The quantitative estimate of drug-likeness (QED) is 0.835. The van der Waals surface area contributed by atoms with E-state index in [2.05, 4.69) is 47.9 Å². The fourth-order valence-electron chi connectivity index (χ4n) is 2.68. The van der Waals surface area contributed by atoms with Crippen molar-refractivity contribution in [1.82, 2.24) is 10.6 Å². The van der Waals surface area contributed by atoms with Crippen LogP contribution in [0, 0.1) is 0 Å². The van der Waals surface area contributed by atoms with Gasteiger partial charge in [-0.1, -0.05) is 37.3 Å². The minimum absolute atomic E-state index is 0.655. The van der Waals surface area contributed by atoms with Crippen LogP contribution in [0.3, 0.4) is 0 Å². The topological polar surface area (TPSA) is 24.1 Å². The smallest absolute Gasteiger partial charge is 0.00796 e. The number of nitrogens with one attached hydrogen (secondary N) is 2. The summed E-state index contributed by atoms with van der Waals surface area (Å²) >= 11 is 0. The van der Waals surface area contributed by atoms with Gasteiger partial charge in [-0.05, 0) is 56.8 Å². The molecule has 1 aromatic rings. The summed E-state index contributed by atoms with van der Waals surface area (Å²) in [6.07, 6.45) is 5.15. The Hall–Kier alpha value is -0.860. The third-order valence-corrected chi connectivity index (χ3v) is 3.95. The molecule has 0 aromatic heterocycles. The molecule has 1 heterocycles. The Balaban J connectivity index is 1.68. The van der Waals surface area contributed by atoms with Crippen molar-refractivity contribution in [2.45, 2.75) is 44.6 Å². The molecule has 1 aliphatic rings. The lowest BCUT2D eigenvalue weighted by atomic mass is 9.97. The van der Waals surface area contributed by atoms with E-state index in [-0.39, 0.29) is 0 Å². The molecule has 0 spiro atoms. The van der Waals surface area contributed by atoms with Crippen molar-refractivity contribution in [3.8, 4) is 0 Å². The molecular formula is C16H26N2. The number of hydrogen-bond donors (Lipinski definition) is 2. The molecule has 2 atom stereocenters. The summed E-state index contributed by atoms with van der Waals surface area (Å²) < 4.78 is 0. The molecule has 18 heavy (non-hydrogen) atoms.